The van der Waals surface area contributed by atoms with Crippen molar-refractivity contribution in [3.63, 3.8) is 0 Å². The van der Waals surface area contributed by atoms with E-state index >= 15 is 0 Å². The van der Waals surface area contributed by atoms with Crippen molar-refractivity contribution in [3.05, 3.63) is 48.3 Å². The third-order valence-corrected chi connectivity index (χ3v) is 6.79. The normalized spacial score (nSPS) is 15.2. The van der Waals surface area contributed by atoms with Gasteiger partial charge in [0.25, 0.3) is 0 Å². The minimum Gasteiger partial charge on any atom is -0.481 e. The summed E-state index contributed by atoms with van der Waals surface area (Å²) in [6, 6.07) is 9.90. The van der Waals surface area contributed by atoms with E-state index in [2.05, 4.69) is 20.2 Å². The SMILES string of the molecule is Cc1ccnc(Nc2cccc(-c3cnc(N4CCCC(CCCCC(=O)O)C4)s3)n2)c1.Cl.Cl. The van der Waals surface area contributed by atoms with Crippen LogP contribution in [-0.2, 0) is 4.79 Å². The number of pyridine rings is 2. The molecule has 3 aromatic heterocycles. The van der Waals surface area contributed by atoms with E-state index in [0.29, 0.717) is 5.92 Å². The van der Waals surface area contributed by atoms with Gasteiger partial charge >= 0.3 is 5.97 Å². The number of hydrogen-bond donors (Lipinski definition) is 2. The van der Waals surface area contributed by atoms with E-state index in [0.717, 1.165) is 71.7 Å². The van der Waals surface area contributed by atoms with Gasteiger partial charge in [-0.15, -0.1) is 24.8 Å². The minimum atomic E-state index is -0.700. The second-order valence-electron chi connectivity index (χ2n) is 8.35. The lowest BCUT2D eigenvalue weighted by Crippen LogP contribution is -2.35. The van der Waals surface area contributed by atoms with Crippen molar-refractivity contribution >= 4 is 58.9 Å². The summed E-state index contributed by atoms with van der Waals surface area (Å²) in [6.45, 7) is 4.05. The number of piperidine rings is 1. The lowest BCUT2D eigenvalue weighted by Gasteiger charge is -2.32. The van der Waals surface area contributed by atoms with Gasteiger partial charge in [-0.1, -0.05) is 23.8 Å². The number of nitrogens with zero attached hydrogens (tertiary/aromatic N) is 4. The maximum absolute atomic E-state index is 10.7. The first-order valence-electron chi connectivity index (χ1n) is 11.2. The Morgan fingerprint density at radius 1 is 1.21 bits per heavy atom. The third-order valence-electron chi connectivity index (χ3n) is 5.71. The van der Waals surface area contributed by atoms with Gasteiger partial charge < -0.3 is 15.3 Å². The minimum absolute atomic E-state index is 0. The Morgan fingerprint density at radius 2 is 2.06 bits per heavy atom. The highest BCUT2D eigenvalue weighted by molar-refractivity contribution is 7.18. The summed E-state index contributed by atoms with van der Waals surface area (Å²) in [5.41, 5.74) is 2.04. The molecule has 1 aliphatic heterocycles. The van der Waals surface area contributed by atoms with Crippen molar-refractivity contribution < 1.29 is 9.90 Å². The molecule has 0 aliphatic carbocycles. The van der Waals surface area contributed by atoms with Gasteiger partial charge in [-0.2, -0.15) is 0 Å². The summed E-state index contributed by atoms with van der Waals surface area (Å²) < 4.78 is 0. The fourth-order valence-corrected chi connectivity index (χ4v) is 5.01. The first-order chi connectivity index (χ1) is 15.6. The lowest BCUT2D eigenvalue weighted by atomic mass is 9.93. The quantitative estimate of drug-likeness (QED) is 0.315. The van der Waals surface area contributed by atoms with Crippen LogP contribution in [0.2, 0.25) is 0 Å². The van der Waals surface area contributed by atoms with Crippen molar-refractivity contribution in [1.82, 2.24) is 15.0 Å². The summed E-state index contributed by atoms with van der Waals surface area (Å²) in [5.74, 6) is 1.45. The van der Waals surface area contributed by atoms with Crippen LogP contribution in [-0.4, -0.2) is 39.1 Å². The van der Waals surface area contributed by atoms with Crippen molar-refractivity contribution in [2.24, 2.45) is 5.92 Å². The molecular weight excluding hydrogens is 493 g/mol. The smallest absolute Gasteiger partial charge is 0.303 e. The van der Waals surface area contributed by atoms with Crippen LogP contribution in [0.4, 0.5) is 16.8 Å². The van der Waals surface area contributed by atoms with Crippen molar-refractivity contribution in [2.75, 3.05) is 23.3 Å². The van der Waals surface area contributed by atoms with Crippen molar-refractivity contribution in [3.8, 4) is 10.6 Å². The van der Waals surface area contributed by atoms with Gasteiger partial charge in [-0.25, -0.2) is 15.0 Å². The van der Waals surface area contributed by atoms with Gasteiger partial charge in [-0.05, 0) is 68.4 Å². The predicted octanol–water partition coefficient (Wildman–Crippen LogP) is 6.36. The lowest BCUT2D eigenvalue weighted by molar-refractivity contribution is -0.137. The average Bonchev–Trinajstić information content (AvgIpc) is 3.28. The van der Waals surface area contributed by atoms with Crippen LogP contribution < -0.4 is 10.2 Å². The predicted molar refractivity (Wildman–Crippen MR) is 143 cm³/mol. The van der Waals surface area contributed by atoms with Crippen LogP contribution in [0.1, 0.15) is 44.1 Å². The molecule has 4 rings (SSSR count). The molecule has 7 nitrogen and oxygen atoms in total. The van der Waals surface area contributed by atoms with Crippen LogP contribution in [0.5, 0.6) is 0 Å². The molecular formula is C24H31Cl2N5O2S. The molecule has 0 aromatic carbocycles. The number of nitrogens with one attached hydrogen (secondary N) is 1. The van der Waals surface area contributed by atoms with Crippen LogP contribution >= 0.6 is 36.2 Å². The molecule has 0 amide bonds. The molecule has 3 aromatic rings. The molecule has 0 saturated carbocycles. The van der Waals surface area contributed by atoms with Crippen LogP contribution in [0, 0.1) is 12.8 Å². The number of rotatable bonds is 9. The van der Waals surface area contributed by atoms with Crippen molar-refractivity contribution in [2.45, 2.75) is 45.4 Å². The molecule has 4 heterocycles. The number of halogens is 2. The van der Waals surface area contributed by atoms with E-state index in [1.54, 1.807) is 17.5 Å². The molecule has 184 valence electrons. The van der Waals surface area contributed by atoms with E-state index < -0.39 is 5.97 Å². The Hall–Kier alpha value is -2.42. The average molecular weight is 525 g/mol. The Kier molecular flexibility index (Phi) is 11.0. The van der Waals surface area contributed by atoms with Gasteiger partial charge in [0.15, 0.2) is 5.13 Å². The third kappa shape index (κ3) is 7.82. The highest BCUT2D eigenvalue weighted by Crippen LogP contribution is 2.34. The van der Waals surface area contributed by atoms with E-state index in [1.165, 1.54) is 6.42 Å². The zero-order valence-electron chi connectivity index (χ0n) is 19.1. The van der Waals surface area contributed by atoms with Gasteiger partial charge in [-0.3, -0.25) is 4.79 Å². The number of unbranched alkanes of at least 4 members (excludes halogenated alkanes) is 1. The van der Waals surface area contributed by atoms with E-state index in [9.17, 15) is 4.79 Å². The van der Waals surface area contributed by atoms with Crippen LogP contribution in [0.25, 0.3) is 10.6 Å². The molecule has 1 saturated heterocycles. The number of carboxylic acid groups (broad SMARTS) is 1. The first-order valence-corrected chi connectivity index (χ1v) is 12.0. The Labute approximate surface area is 216 Å². The summed E-state index contributed by atoms with van der Waals surface area (Å²) in [6.07, 6.45) is 9.17. The summed E-state index contributed by atoms with van der Waals surface area (Å²) in [7, 11) is 0. The second kappa shape index (κ2) is 13.5. The number of aliphatic carboxylic acids is 1. The number of aryl methyl sites for hydroxylation is 1. The van der Waals surface area contributed by atoms with Crippen molar-refractivity contribution in [1.29, 1.82) is 0 Å². The number of thiazole rings is 1. The fourth-order valence-electron chi connectivity index (χ4n) is 4.09. The number of carboxylic acids is 1. The van der Waals surface area contributed by atoms with Gasteiger partial charge in [0.2, 0.25) is 0 Å². The van der Waals surface area contributed by atoms with E-state index in [1.807, 2.05) is 43.5 Å². The first kappa shape index (κ1) is 27.8. The highest BCUT2D eigenvalue weighted by atomic mass is 35.5. The summed E-state index contributed by atoms with van der Waals surface area (Å²) >= 11 is 1.68. The maximum Gasteiger partial charge on any atom is 0.303 e. The molecule has 1 fully saturated rings. The number of carbonyl (C=O) groups is 1. The molecule has 0 radical (unpaired) electrons. The maximum atomic E-state index is 10.7. The summed E-state index contributed by atoms with van der Waals surface area (Å²) in [4.78, 5) is 27.9. The Morgan fingerprint density at radius 3 is 2.85 bits per heavy atom. The molecule has 10 heteroatoms. The van der Waals surface area contributed by atoms with Gasteiger partial charge in [0.1, 0.15) is 11.6 Å². The van der Waals surface area contributed by atoms with Gasteiger partial charge in [0, 0.05) is 31.9 Å². The number of hydrogen-bond acceptors (Lipinski definition) is 7. The molecule has 0 bridgehead atoms. The Bertz CT molecular complexity index is 1070. The molecule has 34 heavy (non-hydrogen) atoms. The van der Waals surface area contributed by atoms with Crippen LogP contribution in [0.3, 0.4) is 0 Å². The molecule has 1 atom stereocenters. The topological polar surface area (TPSA) is 91.2 Å². The zero-order chi connectivity index (χ0) is 22.3. The second-order valence-corrected chi connectivity index (χ2v) is 9.36. The number of anilines is 3. The Balaban J connectivity index is 0.00000204. The van der Waals surface area contributed by atoms with E-state index in [-0.39, 0.29) is 31.2 Å². The standard InChI is InChI=1S/C24H29N5O2S.2ClH/c1-17-11-12-25-22(14-17)28-21-9-4-8-19(27-21)20-15-26-24(32-20)29-13-5-7-18(16-29)6-2-3-10-23(30)31;;/h4,8-9,11-12,14-15,18H,2-3,5-7,10,13,16H2,1H3,(H,30,31)(H,25,27,28);2*1H. The largest absolute Gasteiger partial charge is 0.481 e. The van der Waals surface area contributed by atoms with Crippen LogP contribution in [0.15, 0.2) is 42.7 Å². The number of aromatic nitrogens is 3. The molecule has 0 spiro atoms. The molecule has 1 aliphatic rings. The summed E-state index contributed by atoms with van der Waals surface area (Å²) in [5, 5.41) is 13.1. The molecule has 1 unspecified atom stereocenters. The molecule has 2 N–H and O–H groups in total. The van der Waals surface area contributed by atoms with Gasteiger partial charge in [0.05, 0.1) is 10.6 Å². The monoisotopic (exact) mass is 523 g/mol. The fraction of sp³-hybridized carbons (Fsp3) is 0.417. The highest BCUT2D eigenvalue weighted by Gasteiger charge is 2.22. The zero-order valence-corrected chi connectivity index (χ0v) is 21.6. The van der Waals surface area contributed by atoms with E-state index in [4.69, 9.17) is 10.1 Å².